The van der Waals surface area contributed by atoms with Crippen LogP contribution in [0.4, 0.5) is 4.79 Å². The van der Waals surface area contributed by atoms with Crippen LogP contribution in [0.5, 0.6) is 0 Å². The van der Waals surface area contributed by atoms with Gasteiger partial charge in [0, 0.05) is 12.6 Å². The number of guanidine groups is 1. The van der Waals surface area contributed by atoms with Gasteiger partial charge in [-0.1, -0.05) is 13.8 Å². The first kappa shape index (κ1) is 18.6. The van der Waals surface area contributed by atoms with Crippen LogP contribution < -0.4 is 16.0 Å². The molecule has 1 unspecified atom stereocenters. The van der Waals surface area contributed by atoms with Crippen molar-refractivity contribution in [2.45, 2.75) is 72.1 Å². The molecule has 6 nitrogen and oxygen atoms in total. The second kappa shape index (κ2) is 8.25. The molecule has 1 aliphatic rings. The summed E-state index contributed by atoms with van der Waals surface area (Å²) in [7, 11) is 0. The summed E-state index contributed by atoms with van der Waals surface area (Å²) in [4.78, 5) is 16.5. The van der Waals surface area contributed by atoms with Crippen molar-refractivity contribution in [1.29, 1.82) is 0 Å². The largest absolute Gasteiger partial charge is 0.444 e. The van der Waals surface area contributed by atoms with E-state index in [2.05, 4.69) is 34.8 Å². The molecule has 0 spiro atoms. The number of nitrogens with zero attached hydrogens (tertiary/aromatic N) is 1. The molecular weight excluding hydrogens is 280 g/mol. The molecule has 1 saturated carbocycles. The predicted molar refractivity (Wildman–Crippen MR) is 90.1 cm³/mol. The van der Waals surface area contributed by atoms with Gasteiger partial charge in [-0.15, -0.1) is 0 Å². The zero-order chi connectivity index (χ0) is 16.8. The van der Waals surface area contributed by atoms with Crippen LogP contribution >= 0.6 is 0 Å². The highest BCUT2D eigenvalue weighted by atomic mass is 16.6. The molecule has 0 aromatic heterocycles. The lowest BCUT2D eigenvalue weighted by Crippen LogP contribution is -2.45. The first-order chi connectivity index (χ1) is 10.2. The predicted octanol–water partition coefficient (Wildman–Crippen LogP) is 2.25. The van der Waals surface area contributed by atoms with Crippen LogP contribution in [0.3, 0.4) is 0 Å². The maximum atomic E-state index is 11.9. The number of hydrogen-bond donors (Lipinski definition) is 3. The number of rotatable bonds is 6. The van der Waals surface area contributed by atoms with Gasteiger partial charge < -0.3 is 20.7 Å². The summed E-state index contributed by atoms with van der Waals surface area (Å²) in [5.41, 5.74) is -0.489. The minimum atomic E-state index is -0.489. The Balaban J connectivity index is 2.55. The van der Waals surface area contributed by atoms with Gasteiger partial charge in [-0.25, -0.2) is 4.79 Å². The van der Waals surface area contributed by atoms with Crippen molar-refractivity contribution < 1.29 is 9.53 Å². The second-order valence-electron chi connectivity index (χ2n) is 7.13. The van der Waals surface area contributed by atoms with Crippen LogP contribution in [0.25, 0.3) is 0 Å². The van der Waals surface area contributed by atoms with Crippen LogP contribution in [-0.2, 0) is 4.74 Å². The molecule has 1 amide bonds. The molecule has 128 valence electrons. The van der Waals surface area contributed by atoms with Crippen LogP contribution in [0.2, 0.25) is 0 Å². The van der Waals surface area contributed by atoms with Crippen LogP contribution in [-0.4, -0.2) is 42.8 Å². The number of aliphatic imine (C=N–C) groups is 1. The van der Waals surface area contributed by atoms with E-state index in [0.29, 0.717) is 12.6 Å². The van der Waals surface area contributed by atoms with E-state index in [0.717, 1.165) is 12.5 Å². The Morgan fingerprint density at radius 3 is 2.41 bits per heavy atom. The normalized spacial score (nSPS) is 17.1. The topological polar surface area (TPSA) is 74.8 Å². The molecule has 0 aromatic rings. The Morgan fingerprint density at radius 2 is 1.95 bits per heavy atom. The molecule has 6 heteroatoms. The third-order valence-electron chi connectivity index (χ3n) is 3.22. The molecule has 0 aromatic carbocycles. The lowest BCUT2D eigenvalue weighted by atomic mass is 10.1. The molecule has 3 N–H and O–H groups in total. The Bertz CT molecular complexity index is 384. The maximum absolute atomic E-state index is 11.9. The third-order valence-corrected chi connectivity index (χ3v) is 3.22. The van der Waals surface area contributed by atoms with Crippen molar-refractivity contribution in [3.05, 3.63) is 0 Å². The Kier molecular flexibility index (Phi) is 6.97. The number of ether oxygens (including phenoxy) is 1. The Labute approximate surface area is 134 Å². The van der Waals surface area contributed by atoms with E-state index in [4.69, 9.17) is 4.74 Å². The van der Waals surface area contributed by atoms with Gasteiger partial charge >= 0.3 is 6.09 Å². The highest BCUT2D eigenvalue weighted by Gasteiger charge is 2.23. The summed E-state index contributed by atoms with van der Waals surface area (Å²) >= 11 is 0. The van der Waals surface area contributed by atoms with Crippen molar-refractivity contribution in [3.63, 3.8) is 0 Å². The van der Waals surface area contributed by atoms with E-state index < -0.39 is 5.60 Å². The van der Waals surface area contributed by atoms with Gasteiger partial charge in [0.15, 0.2) is 5.96 Å². The summed E-state index contributed by atoms with van der Waals surface area (Å²) < 4.78 is 5.32. The van der Waals surface area contributed by atoms with Gasteiger partial charge in [-0.05, 0) is 46.5 Å². The molecule has 1 rings (SSSR count). The highest BCUT2D eigenvalue weighted by Crippen LogP contribution is 2.18. The molecule has 22 heavy (non-hydrogen) atoms. The lowest BCUT2D eigenvalue weighted by molar-refractivity contribution is 0.0493. The van der Waals surface area contributed by atoms with E-state index >= 15 is 0 Å². The van der Waals surface area contributed by atoms with E-state index in [1.54, 1.807) is 0 Å². The number of amides is 1. The minimum Gasteiger partial charge on any atom is -0.444 e. The van der Waals surface area contributed by atoms with Gasteiger partial charge in [-0.3, -0.25) is 4.99 Å². The van der Waals surface area contributed by atoms with Crippen LogP contribution in [0, 0.1) is 5.92 Å². The molecule has 0 heterocycles. The van der Waals surface area contributed by atoms with Crippen molar-refractivity contribution in [1.82, 2.24) is 16.0 Å². The van der Waals surface area contributed by atoms with E-state index in [9.17, 15) is 4.79 Å². The molecule has 0 bridgehead atoms. The van der Waals surface area contributed by atoms with Crippen molar-refractivity contribution in [3.8, 4) is 0 Å². The van der Waals surface area contributed by atoms with Gasteiger partial charge in [0.05, 0.1) is 12.6 Å². The fourth-order valence-corrected chi connectivity index (χ4v) is 1.81. The fourth-order valence-electron chi connectivity index (χ4n) is 1.81. The fraction of sp³-hybridized carbons (Fsp3) is 0.875. The summed E-state index contributed by atoms with van der Waals surface area (Å²) in [5, 5.41) is 9.52. The second-order valence-corrected chi connectivity index (χ2v) is 7.13. The number of carbonyl (C=O) groups is 1. The van der Waals surface area contributed by atoms with Crippen LogP contribution in [0.1, 0.15) is 54.4 Å². The quantitative estimate of drug-likeness (QED) is 0.519. The first-order valence-electron chi connectivity index (χ1n) is 8.25. The lowest BCUT2D eigenvalue weighted by Gasteiger charge is -2.25. The highest BCUT2D eigenvalue weighted by molar-refractivity contribution is 5.80. The number of nitrogens with one attached hydrogen (secondary N) is 3. The van der Waals surface area contributed by atoms with Crippen molar-refractivity contribution >= 4 is 12.1 Å². The number of carbonyl (C=O) groups excluding carboxylic acids is 1. The minimum absolute atomic E-state index is 0.0514. The monoisotopic (exact) mass is 312 g/mol. The SMILES string of the molecule is CCNC(=NCC(NC(=O)OC(C)(C)C)C(C)C)NC1CC1. The molecule has 1 fully saturated rings. The van der Waals surface area contributed by atoms with Crippen LogP contribution in [0.15, 0.2) is 4.99 Å². The molecule has 0 aliphatic heterocycles. The Hall–Kier alpha value is -1.46. The first-order valence-corrected chi connectivity index (χ1v) is 8.25. The van der Waals surface area contributed by atoms with E-state index in [1.807, 2.05) is 27.7 Å². The molecule has 0 saturated heterocycles. The number of hydrogen-bond acceptors (Lipinski definition) is 3. The third kappa shape index (κ3) is 8.10. The van der Waals surface area contributed by atoms with E-state index in [-0.39, 0.29) is 18.1 Å². The average Bonchev–Trinajstić information content (AvgIpc) is 3.15. The summed E-state index contributed by atoms with van der Waals surface area (Å²) in [6, 6.07) is 0.499. The maximum Gasteiger partial charge on any atom is 0.407 e. The van der Waals surface area contributed by atoms with E-state index in [1.165, 1.54) is 12.8 Å². The van der Waals surface area contributed by atoms with Gasteiger partial charge in [0.25, 0.3) is 0 Å². The Morgan fingerprint density at radius 1 is 1.32 bits per heavy atom. The average molecular weight is 312 g/mol. The summed E-state index contributed by atoms with van der Waals surface area (Å²) in [5.74, 6) is 1.10. The zero-order valence-corrected chi connectivity index (χ0v) is 14.8. The van der Waals surface area contributed by atoms with Gasteiger partial charge in [-0.2, -0.15) is 0 Å². The van der Waals surface area contributed by atoms with Crippen molar-refractivity contribution in [2.24, 2.45) is 10.9 Å². The standard InChI is InChI=1S/C16H32N4O2/c1-7-17-14(19-12-8-9-12)18-10-13(11(2)3)20-15(21)22-16(4,5)6/h11-13H,7-10H2,1-6H3,(H,20,21)(H2,17,18,19). The number of alkyl carbamates (subject to hydrolysis) is 1. The summed E-state index contributed by atoms with van der Waals surface area (Å²) in [6.45, 7) is 13.1. The molecule has 1 aliphatic carbocycles. The molecule has 1 atom stereocenters. The van der Waals surface area contributed by atoms with Gasteiger partial charge in [0.2, 0.25) is 0 Å². The smallest absolute Gasteiger partial charge is 0.407 e. The zero-order valence-electron chi connectivity index (χ0n) is 14.8. The summed E-state index contributed by atoms with van der Waals surface area (Å²) in [6.07, 6.45) is 2.02. The molecule has 0 radical (unpaired) electrons. The molecular formula is C16H32N4O2. The van der Waals surface area contributed by atoms with Gasteiger partial charge in [0.1, 0.15) is 5.60 Å². The van der Waals surface area contributed by atoms with Crippen molar-refractivity contribution in [2.75, 3.05) is 13.1 Å².